The number of amides is 2. The number of carbonyl (C=O) groups is 2. The van der Waals surface area contributed by atoms with Crippen LogP contribution in [0, 0.1) is 0 Å². The van der Waals surface area contributed by atoms with Gasteiger partial charge in [-0.3, -0.25) is 9.59 Å². The Morgan fingerprint density at radius 3 is 2.11 bits per heavy atom. The zero-order valence-corrected chi connectivity index (χ0v) is 16.8. The normalized spacial score (nSPS) is 10.6. The van der Waals surface area contributed by atoms with E-state index >= 15 is 0 Å². The monoisotopic (exact) mass is 383 g/mol. The third-order valence-corrected chi connectivity index (χ3v) is 4.31. The predicted molar refractivity (Wildman–Crippen MR) is 111 cm³/mol. The van der Waals surface area contributed by atoms with Crippen LogP contribution in [0.2, 0.25) is 0 Å². The summed E-state index contributed by atoms with van der Waals surface area (Å²) in [6.45, 7) is 2.08. The number of ether oxygens (including phenoxy) is 1. The molecule has 2 amide bonds. The molecule has 0 heterocycles. The van der Waals surface area contributed by atoms with Crippen LogP contribution in [-0.4, -0.2) is 57.6 Å². The lowest BCUT2D eigenvalue weighted by Gasteiger charge is -2.10. The van der Waals surface area contributed by atoms with E-state index in [0.717, 1.165) is 30.7 Å². The average Bonchev–Trinajstić information content (AvgIpc) is 2.71. The minimum atomic E-state index is -0.152. The molecule has 0 aliphatic carbocycles. The largest absolute Gasteiger partial charge is 0.497 e. The van der Waals surface area contributed by atoms with E-state index in [9.17, 15) is 9.59 Å². The summed E-state index contributed by atoms with van der Waals surface area (Å²) in [5.74, 6) is 0.531. The van der Waals surface area contributed by atoms with Crippen LogP contribution in [0.4, 0.5) is 0 Å². The summed E-state index contributed by atoms with van der Waals surface area (Å²) >= 11 is 0. The average molecular weight is 383 g/mol. The van der Waals surface area contributed by atoms with Gasteiger partial charge in [0.15, 0.2) is 0 Å². The molecule has 0 radical (unpaired) electrons. The summed E-state index contributed by atoms with van der Waals surface area (Å²) in [4.78, 5) is 26.5. The zero-order valence-electron chi connectivity index (χ0n) is 16.8. The molecule has 0 aliphatic rings. The zero-order chi connectivity index (χ0) is 20.4. The topological polar surface area (TPSA) is 70.7 Å². The maximum atomic E-state index is 12.3. The van der Waals surface area contributed by atoms with Crippen LogP contribution in [0.15, 0.2) is 48.5 Å². The second-order valence-corrected chi connectivity index (χ2v) is 6.85. The predicted octanol–water partition coefficient (Wildman–Crippen LogP) is 2.35. The molecule has 150 valence electrons. The van der Waals surface area contributed by atoms with E-state index < -0.39 is 0 Å². The first-order chi connectivity index (χ1) is 13.5. The molecule has 0 bridgehead atoms. The molecular formula is C22H29N3O3. The molecule has 2 aromatic rings. The Labute approximate surface area is 166 Å². The fraction of sp³-hybridized carbons (Fsp3) is 0.364. The van der Waals surface area contributed by atoms with E-state index in [0.29, 0.717) is 24.2 Å². The van der Waals surface area contributed by atoms with Crippen LogP contribution >= 0.6 is 0 Å². The Bertz CT molecular complexity index is 773. The molecule has 28 heavy (non-hydrogen) atoms. The van der Waals surface area contributed by atoms with Gasteiger partial charge in [0.25, 0.3) is 11.8 Å². The summed E-state index contributed by atoms with van der Waals surface area (Å²) in [5, 5.41) is 5.79. The van der Waals surface area contributed by atoms with E-state index in [1.807, 2.05) is 38.4 Å². The van der Waals surface area contributed by atoms with Gasteiger partial charge in [0.1, 0.15) is 5.75 Å². The van der Waals surface area contributed by atoms with Gasteiger partial charge in [0.05, 0.1) is 7.11 Å². The van der Waals surface area contributed by atoms with Gasteiger partial charge in [0.2, 0.25) is 0 Å². The quantitative estimate of drug-likeness (QED) is 0.618. The minimum absolute atomic E-state index is 0.122. The lowest BCUT2D eigenvalue weighted by molar-refractivity contribution is 0.0941. The van der Waals surface area contributed by atoms with Gasteiger partial charge in [-0.05, 0) is 75.4 Å². The van der Waals surface area contributed by atoms with Crippen LogP contribution in [0.5, 0.6) is 5.75 Å². The second-order valence-electron chi connectivity index (χ2n) is 6.85. The molecule has 0 aliphatic heterocycles. The van der Waals surface area contributed by atoms with Crippen LogP contribution < -0.4 is 15.4 Å². The number of hydrogen-bond acceptors (Lipinski definition) is 4. The number of rotatable bonds is 10. The van der Waals surface area contributed by atoms with Gasteiger partial charge >= 0.3 is 0 Å². The number of hydrogen-bond donors (Lipinski definition) is 2. The number of nitrogens with zero attached hydrogens (tertiary/aromatic N) is 1. The summed E-state index contributed by atoms with van der Waals surface area (Å²) in [5.41, 5.74) is 2.19. The van der Waals surface area contributed by atoms with E-state index in [4.69, 9.17) is 4.74 Å². The van der Waals surface area contributed by atoms with Crippen molar-refractivity contribution in [3.63, 3.8) is 0 Å². The van der Waals surface area contributed by atoms with Crippen molar-refractivity contribution in [1.82, 2.24) is 15.5 Å². The second kappa shape index (κ2) is 11.1. The fourth-order valence-electron chi connectivity index (χ4n) is 2.72. The van der Waals surface area contributed by atoms with Gasteiger partial charge in [-0.2, -0.15) is 0 Å². The summed E-state index contributed by atoms with van der Waals surface area (Å²) in [7, 11) is 5.64. The summed E-state index contributed by atoms with van der Waals surface area (Å²) in [6.07, 6.45) is 1.61. The molecule has 0 fully saturated rings. The Balaban J connectivity index is 1.78. The maximum absolute atomic E-state index is 12.3. The Morgan fingerprint density at radius 1 is 0.929 bits per heavy atom. The SMILES string of the molecule is COc1cccc(CCNC(=O)c2ccc(C(=O)NCCCN(C)C)cc2)c1. The van der Waals surface area contributed by atoms with E-state index in [-0.39, 0.29) is 11.8 Å². The van der Waals surface area contributed by atoms with Gasteiger partial charge in [0, 0.05) is 24.2 Å². The Hall–Kier alpha value is -2.86. The highest BCUT2D eigenvalue weighted by Gasteiger charge is 2.08. The van der Waals surface area contributed by atoms with Crippen LogP contribution in [0.3, 0.4) is 0 Å². The van der Waals surface area contributed by atoms with Crippen molar-refractivity contribution in [2.45, 2.75) is 12.8 Å². The van der Waals surface area contributed by atoms with Gasteiger partial charge in [-0.25, -0.2) is 0 Å². The van der Waals surface area contributed by atoms with Crippen molar-refractivity contribution in [3.8, 4) is 5.75 Å². The van der Waals surface area contributed by atoms with E-state index in [2.05, 4.69) is 15.5 Å². The lowest BCUT2D eigenvalue weighted by atomic mass is 10.1. The van der Waals surface area contributed by atoms with Crippen molar-refractivity contribution in [3.05, 3.63) is 65.2 Å². The standard InChI is InChI=1S/C22H29N3O3/c1-25(2)15-5-13-23-21(26)18-8-10-19(11-9-18)22(27)24-14-12-17-6-4-7-20(16-17)28-3/h4,6-11,16H,5,12-15H2,1-3H3,(H,23,26)(H,24,27). The van der Waals surface area contributed by atoms with Crippen LogP contribution in [-0.2, 0) is 6.42 Å². The Kier molecular flexibility index (Phi) is 8.49. The van der Waals surface area contributed by atoms with Crippen molar-refractivity contribution >= 4 is 11.8 Å². The number of nitrogens with one attached hydrogen (secondary N) is 2. The van der Waals surface area contributed by atoms with Gasteiger partial charge < -0.3 is 20.3 Å². The highest BCUT2D eigenvalue weighted by atomic mass is 16.5. The number of carbonyl (C=O) groups excluding carboxylic acids is 2. The fourth-order valence-corrected chi connectivity index (χ4v) is 2.72. The number of methoxy groups -OCH3 is 1. The van der Waals surface area contributed by atoms with Crippen molar-refractivity contribution in [2.75, 3.05) is 40.8 Å². The molecular weight excluding hydrogens is 354 g/mol. The molecule has 0 spiro atoms. The molecule has 2 rings (SSSR count). The first-order valence-electron chi connectivity index (χ1n) is 9.43. The molecule has 0 unspecified atom stereocenters. The molecule has 6 nitrogen and oxygen atoms in total. The van der Waals surface area contributed by atoms with Crippen molar-refractivity contribution in [1.29, 1.82) is 0 Å². The molecule has 6 heteroatoms. The first-order valence-corrected chi connectivity index (χ1v) is 9.43. The summed E-state index contributed by atoms with van der Waals surface area (Å²) < 4.78 is 5.20. The smallest absolute Gasteiger partial charge is 0.251 e. The third-order valence-electron chi connectivity index (χ3n) is 4.31. The molecule has 0 aromatic heterocycles. The molecule has 0 atom stereocenters. The van der Waals surface area contributed by atoms with Gasteiger partial charge in [-0.1, -0.05) is 12.1 Å². The van der Waals surface area contributed by atoms with Crippen LogP contribution in [0.1, 0.15) is 32.7 Å². The van der Waals surface area contributed by atoms with E-state index in [1.165, 1.54) is 0 Å². The van der Waals surface area contributed by atoms with Crippen LogP contribution in [0.25, 0.3) is 0 Å². The molecule has 2 N–H and O–H groups in total. The summed E-state index contributed by atoms with van der Waals surface area (Å²) in [6, 6.07) is 14.5. The lowest BCUT2D eigenvalue weighted by Crippen LogP contribution is -2.27. The first kappa shape index (κ1) is 21.4. The maximum Gasteiger partial charge on any atom is 0.251 e. The molecule has 0 saturated carbocycles. The highest BCUT2D eigenvalue weighted by molar-refractivity contribution is 5.97. The van der Waals surface area contributed by atoms with Crippen molar-refractivity contribution < 1.29 is 14.3 Å². The third kappa shape index (κ3) is 7.04. The number of benzene rings is 2. The molecule has 2 aromatic carbocycles. The van der Waals surface area contributed by atoms with Gasteiger partial charge in [-0.15, -0.1) is 0 Å². The van der Waals surface area contributed by atoms with Crippen molar-refractivity contribution in [2.24, 2.45) is 0 Å². The highest BCUT2D eigenvalue weighted by Crippen LogP contribution is 2.12. The Morgan fingerprint density at radius 2 is 1.54 bits per heavy atom. The molecule has 0 saturated heterocycles. The minimum Gasteiger partial charge on any atom is -0.497 e. The van der Waals surface area contributed by atoms with E-state index in [1.54, 1.807) is 31.4 Å².